The lowest BCUT2D eigenvalue weighted by Gasteiger charge is -2.42. The van der Waals surface area contributed by atoms with Gasteiger partial charge in [-0.25, -0.2) is 4.79 Å². The lowest BCUT2D eigenvalue weighted by atomic mass is 9.69. The Balaban J connectivity index is 1.56. The van der Waals surface area contributed by atoms with Crippen molar-refractivity contribution >= 4 is 12.0 Å². The van der Waals surface area contributed by atoms with Gasteiger partial charge in [0.05, 0.1) is 6.61 Å². The molecular formula is C22H32N2O4. The Bertz CT molecular complexity index is 654. The van der Waals surface area contributed by atoms with E-state index in [2.05, 4.69) is 12.2 Å². The number of nitrogens with one attached hydrogen (secondary N) is 1. The first-order valence-electron chi connectivity index (χ1n) is 10.6. The molecule has 1 unspecified atom stereocenters. The molecule has 2 amide bonds. The number of likely N-dealkylation sites (tertiary alicyclic amines) is 1. The number of nitrogens with zero attached hydrogens (tertiary/aromatic N) is 1. The van der Waals surface area contributed by atoms with E-state index in [9.17, 15) is 14.7 Å². The first kappa shape index (κ1) is 20.6. The van der Waals surface area contributed by atoms with Crippen molar-refractivity contribution in [2.75, 3.05) is 19.7 Å². The Kier molecular flexibility index (Phi) is 6.94. The van der Waals surface area contributed by atoms with E-state index in [1.165, 1.54) is 0 Å². The van der Waals surface area contributed by atoms with Crippen molar-refractivity contribution in [2.24, 2.45) is 5.92 Å². The van der Waals surface area contributed by atoms with Crippen LogP contribution >= 0.6 is 0 Å². The van der Waals surface area contributed by atoms with Gasteiger partial charge >= 0.3 is 6.09 Å². The predicted octanol–water partition coefficient (Wildman–Crippen LogP) is 3.19. The molecule has 2 fully saturated rings. The monoisotopic (exact) mass is 388 g/mol. The van der Waals surface area contributed by atoms with Gasteiger partial charge < -0.3 is 20.1 Å². The molecule has 154 valence electrons. The Hall–Kier alpha value is -2.08. The number of aliphatic hydroxyl groups is 1. The lowest BCUT2D eigenvalue weighted by molar-refractivity contribution is -0.153. The molecule has 28 heavy (non-hydrogen) atoms. The van der Waals surface area contributed by atoms with Crippen LogP contribution in [0.5, 0.6) is 0 Å². The normalized spacial score (nSPS) is 20.1. The van der Waals surface area contributed by atoms with Gasteiger partial charge in [0.2, 0.25) is 0 Å². The van der Waals surface area contributed by atoms with Crippen LogP contribution in [-0.2, 0) is 15.1 Å². The van der Waals surface area contributed by atoms with Gasteiger partial charge in [-0.3, -0.25) is 4.79 Å². The van der Waals surface area contributed by atoms with Gasteiger partial charge in [0.25, 0.3) is 5.91 Å². The van der Waals surface area contributed by atoms with E-state index in [1.54, 1.807) is 4.90 Å². The van der Waals surface area contributed by atoms with Gasteiger partial charge in [-0.1, -0.05) is 50.1 Å². The smallest absolute Gasteiger partial charge is 0.409 e. The van der Waals surface area contributed by atoms with Crippen LogP contribution in [0, 0.1) is 5.92 Å². The summed E-state index contributed by atoms with van der Waals surface area (Å²) in [6.45, 7) is 3.63. The highest BCUT2D eigenvalue weighted by Gasteiger charge is 2.48. The van der Waals surface area contributed by atoms with Gasteiger partial charge in [-0.2, -0.15) is 0 Å². The predicted molar refractivity (Wildman–Crippen MR) is 107 cm³/mol. The zero-order valence-electron chi connectivity index (χ0n) is 16.7. The SMILES string of the molecule is CCCCOC(=O)N1CCC(NC(=O)C(O)(c2ccccc2)C2CCC2)CC1. The van der Waals surface area contributed by atoms with Crippen molar-refractivity contribution in [3.8, 4) is 0 Å². The van der Waals surface area contributed by atoms with Gasteiger partial charge in [-0.05, 0) is 37.7 Å². The van der Waals surface area contributed by atoms with E-state index in [4.69, 9.17) is 4.74 Å². The van der Waals surface area contributed by atoms with Gasteiger partial charge in [-0.15, -0.1) is 0 Å². The molecule has 1 aliphatic carbocycles. The molecule has 6 nitrogen and oxygen atoms in total. The molecule has 2 N–H and O–H groups in total. The fraction of sp³-hybridized carbons (Fsp3) is 0.636. The van der Waals surface area contributed by atoms with Crippen molar-refractivity contribution in [3.05, 3.63) is 35.9 Å². The summed E-state index contributed by atoms with van der Waals surface area (Å²) in [5.74, 6) is -0.351. The fourth-order valence-corrected chi connectivity index (χ4v) is 3.97. The van der Waals surface area contributed by atoms with Gasteiger partial charge in [0.1, 0.15) is 0 Å². The third-order valence-corrected chi connectivity index (χ3v) is 6.07. The number of carbonyl (C=O) groups excluding carboxylic acids is 2. The largest absolute Gasteiger partial charge is 0.449 e. The van der Waals surface area contributed by atoms with E-state index >= 15 is 0 Å². The van der Waals surface area contributed by atoms with Crippen LogP contribution in [0.3, 0.4) is 0 Å². The first-order valence-corrected chi connectivity index (χ1v) is 10.6. The van der Waals surface area contributed by atoms with Crippen LogP contribution in [0.4, 0.5) is 4.79 Å². The topological polar surface area (TPSA) is 78.9 Å². The minimum atomic E-state index is -1.48. The maximum Gasteiger partial charge on any atom is 0.409 e. The molecule has 1 heterocycles. The molecule has 2 aliphatic rings. The van der Waals surface area contributed by atoms with Crippen LogP contribution < -0.4 is 5.32 Å². The summed E-state index contributed by atoms with van der Waals surface area (Å²) < 4.78 is 5.26. The third kappa shape index (κ3) is 4.49. The molecule has 6 heteroatoms. The minimum Gasteiger partial charge on any atom is -0.449 e. The summed E-state index contributed by atoms with van der Waals surface area (Å²) in [5.41, 5.74) is -0.815. The molecule has 3 rings (SSSR count). The van der Waals surface area contributed by atoms with E-state index in [1.807, 2.05) is 30.3 Å². The van der Waals surface area contributed by atoms with E-state index in [0.717, 1.165) is 32.1 Å². The summed E-state index contributed by atoms with van der Waals surface area (Å²) in [6.07, 6.45) is 5.71. The number of carbonyl (C=O) groups is 2. The van der Waals surface area contributed by atoms with Crippen LogP contribution in [0.15, 0.2) is 30.3 Å². The molecule has 1 aromatic carbocycles. The zero-order valence-corrected chi connectivity index (χ0v) is 16.7. The quantitative estimate of drug-likeness (QED) is 0.703. The molecule has 1 aliphatic heterocycles. The molecule has 1 aromatic rings. The summed E-state index contributed by atoms with van der Waals surface area (Å²) in [5, 5.41) is 14.4. The maximum absolute atomic E-state index is 13.1. The molecular weight excluding hydrogens is 356 g/mol. The first-order chi connectivity index (χ1) is 13.6. The number of hydrogen-bond acceptors (Lipinski definition) is 4. The van der Waals surface area contributed by atoms with Crippen molar-refractivity contribution in [3.63, 3.8) is 0 Å². The summed E-state index contributed by atoms with van der Waals surface area (Å²) in [7, 11) is 0. The summed E-state index contributed by atoms with van der Waals surface area (Å²) in [4.78, 5) is 26.9. The van der Waals surface area contributed by atoms with Crippen LogP contribution in [-0.4, -0.2) is 47.7 Å². The Labute approximate surface area is 167 Å². The number of benzene rings is 1. The van der Waals surface area contributed by atoms with Crippen LogP contribution in [0.25, 0.3) is 0 Å². The second kappa shape index (κ2) is 9.41. The highest BCUT2D eigenvalue weighted by molar-refractivity contribution is 5.87. The molecule has 1 atom stereocenters. The minimum absolute atomic E-state index is 0.0384. The second-order valence-corrected chi connectivity index (χ2v) is 7.96. The average molecular weight is 389 g/mol. The standard InChI is InChI=1S/C22H32N2O4/c1-2-3-16-28-21(26)24-14-12-19(13-15-24)23-20(25)22(27,18-10-7-11-18)17-8-5-4-6-9-17/h4-6,8-9,18-19,27H,2-3,7,10-16H2,1H3,(H,23,25). The average Bonchev–Trinajstić information content (AvgIpc) is 2.67. The summed E-state index contributed by atoms with van der Waals surface area (Å²) >= 11 is 0. The van der Waals surface area contributed by atoms with Crippen molar-refractivity contribution in [2.45, 2.75) is 63.5 Å². The van der Waals surface area contributed by atoms with Crippen molar-refractivity contribution < 1.29 is 19.4 Å². The van der Waals surface area contributed by atoms with Gasteiger partial charge in [0.15, 0.2) is 5.60 Å². The number of unbranched alkanes of at least 4 members (excludes halogenated alkanes) is 1. The molecule has 1 saturated heterocycles. The highest BCUT2D eigenvalue weighted by Crippen LogP contribution is 2.42. The molecule has 0 radical (unpaired) electrons. The van der Waals surface area contributed by atoms with E-state index in [-0.39, 0.29) is 24.0 Å². The Morgan fingerprint density at radius 3 is 2.43 bits per heavy atom. The Morgan fingerprint density at radius 1 is 1.18 bits per heavy atom. The summed E-state index contributed by atoms with van der Waals surface area (Å²) in [6, 6.07) is 9.21. The third-order valence-electron chi connectivity index (χ3n) is 6.07. The Morgan fingerprint density at radius 2 is 1.86 bits per heavy atom. The fourth-order valence-electron chi connectivity index (χ4n) is 3.97. The molecule has 0 aromatic heterocycles. The molecule has 0 bridgehead atoms. The van der Waals surface area contributed by atoms with E-state index < -0.39 is 5.60 Å². The molecule has 1 saturated carbocycles. The maximum atomic E-state index is 13.1. The number of piperidine rings is 1. The second-order valence-electron chi connectivity index (χ2n) is 7.96. The van der Waals surface area contributed by atoms with Crippen LogP contribution in [0.1, 0.15) is 57.4 Å². The number of hydrogen-bond donors (Lipinski definition) is 2. The van der Waals surface area contributed by atoms with Gasteiger partial charge in [0, 0.05) is 25.0 Å². The number of ether oxygens (including phenoxy) is 1. The van der Waals surface area contributed by atoms with Crippen LogP contribution in [0.2, 0.25) is 0 Å². The van der Waals surface area contributed by atoms with Crippen molar-refractivity contribution in [1.82, 2.24) is 10.2 Å². The van der Waals surface area contributed by atoms with Crippen molar-refractivity contribution in [1.29, 1.82) is 0 Å². The zero-order chi connectivity index (χ0) is 20.0. The number of amides is 2. The lowest BCUT2D eigenvalue weighted by Crippen LogP contribution is -2.56. The molecule has 0 spiro atoms. The number of rotatable bonds is 7. The highest BCUT2D eigenvalue weighted by atomic mass is 16.6. The van der Waals surface area contributed by atoms with E-state index in [0.29, 0.717) is 38.1 Å².